The molecular weight excluding hydrogens is 398 g/mol. The first-order valence-corrected chi connectivity index (χ1v) is 11.3. The summed E-state index contributed by atoms with van der Waals surface area (Å²) in [6.07, 6.45) is 1.40. The van der Waals surface area contributed by atoms with Crippen molar-refractivity contribution in [1.29, 1.82) is 0 Å². The van der Waals surface area contributed by atoms with E-state index >= 15 is 0 Å². The number of carbonyl (C=O) groups excluding carboxylic acids is 1. The number of hydrogen-bond donors (Lipinski definition) is 3. The van der Waals surface area contributed by atoms with E-state index in [1.54, 1.807) is 0 Å². The van der Waals surface area contributed by atoms with E-state index in [0.29, 0.717) is 19.6 Å². The zero-order valence-electron chi connectivity index (χ0n) is 18.3. The van der Waals surface area contributed by atoms with Gasteiger partial charge in [-0.1, -0.05) is 78.9 Å². The molecule has 3 N–H and O–H groups in total. The summed E-state index contributed by atoms with van der Waals surface area (Å²) >= 11 is 0. The van der Waals surface area contributed by atoms with Crippen LogP contribution in [0.2, 0.25) is 0 Å². The van der Waals surface area contributed by atoms with Gasteiger partial charge < -0.3 is 15.7 Å². The van der Waals surface area contributed by atoms with Crippen molar-refractivity contribution in [3.63, 3.8) is 0 Å². The minimum Gasteiger partial charge on any atom is -0.392 e. The monoisotopic (exact) mass is 429 g/mol. The number of rotatable bonds is 8. The fraction of sp³-hybridized carbons (Fsp3) is 0.296. The molecule has 2 amide bonds. The fourth-order valence-electron chi connectivity index (χ4n) is 4.13. The molecule has 5 heteroatoms. The van der Waals surface area contributed by atoms with E-state index < -0.39 is 0 Å². The summed E-state index contributed by atoms with van der Waals surface area (Å²) in [6, 6.07) is 26.8. The minimum absolute atomic E-state index is 0.155. The largest absolute Gasteiger partial charge is 0.392 e. The Hall–Kier alpha value is -3.15. The van der Waals surface area contributed by atoms with Crippen LogP contribution in [0.15, 0.2) is 78.9 Å². The quantitative estimate of drug-likeness (QED) is 0.508. The molecule has 1 heterocycles. The zero-order valence-corrected chi connectivity index (χ0v) is 18.3. The smallest absolute Gasteiger partial charge is 0.315 e. The van der Waals surface area contributed by atoms with E-state index in [-0.39, 0.29) is 12.1 Å². The summed E-state index contributed by atoms with van der Waals surface area (Å²) in [5.41, 5.74) is 5.91. The maximum Gasteiger partial charge on any atom is 0.315 e. The highest BCUT2D eigenvalue weighted by molar-refractivity contribution is 5.73. The van der Waals surface area contributed by atoms with E-state index in [9.17, 15) is 9.90 Å². The van der Waals surface area contributed by atoms with Crippen LogP contribution in [0.4, 0.5) is 4.79 Å². The Morgan fingerprint density at radius 2 is 1.56 bits per heavy atom. The van der Waals surface area contributed by atoms with Gasteiger partial charge in [-0.2, -0.15) is 0 Å². The summed E-state index contributed by atoms with van der Waals surface area (Å²) in [7, 11) is 0. The van der Waals surface area contributed by atoms with Gasteiger partial charge in [0, 0.05) is 32.7 Å². The topological polar surface area (TPSA) is 64.6 Å². The van der Waals surface area contributed by atoms with E-state index in [1.165, 1.54) is 22.3 Å². The molecule has 1 fully saturated rings. The molecule has 1 unspecified atom stereocenters. The molecule has 1 aliphatic rings. The van der Waals surface area contributed by atoms with E-state index in [1.807, 2.05) is 30.3 Å². The van der Waals surface area contributed by atoms with Gasteiger partial charge in [0.2, 0.25) is 0 Å². The van der Waals surface area contributed by atoms with Crippen LogP contribution in [-0.4, -0.2) is 41.8 Å². The number of urea groups is 1. The Morgan fingerprint density at radius 3 is 2.28 bits per heavy atom. The van der Waals surface area contributed by atoms with Gasteiger partial charge >= 0.3 is 6.03 Å². The lowest BCUT2D eigenvalue weighted by molar-refractivity contribution is 0.174. The van der Waals surface area contributed by atoms with Gasteiger partial charge in [-0.25, -0.2) is 4.79 Å². The lowest BCUT2D eigenvalue weighted by atomic mass is 10.0. The predicted octanol–water partition coefficient (Wildman–Crippen LogP) is 3.96. The highest BCUT2D eigenvalue weighted by Crippen LogP contribution is 2.19. The van der Waals surface area contributed by atoms with Gasteiger partial charge in [0.25, 0.3) is 0 Å². The average molecular weight is 430 g/mol. The third kappa shape index (κ3) is 6.19. The lowest BCUT2D eigenvalue weighted by Gasteiger charge is -2.18. The van der Waals surface area contributed by atoms with Crippen molar-refractivity contribution in [1.82, 2.24) is 15.5 Å². The molecule has 166 valence electrons. The van der Waals surface area contributed by atoms with Crippen LogP contribution in [0, 0.1) is 0 Å². The van der Waals surface area contributed by atoms with Crippen LogP contribution in [0.1, 0.15) is 23.1 Å². The second kappa shape index (κ2) is 10.9. The first-order valence-electron chi connectivity index (χ1n) is 11.3. The molecule has 1 aliphatic heterocycles. The fourth-order valence-corrected chi connectivity index (χ4v) is 4.13. The van der Waals surface area contributed by atoms with Crippen LogP contribution >= 0.6 is 0 Å². The third-order valence-electron chi connectivity index (χ3n) is 5.96. The van der Waals surface area contributed by atoms with Crippen molar-refractivity contribution in [2.24, 2.45) is 0 Å². The molecule has 32 heavy (non-hydrogen) atoms. The SMILES string of the molecule is O=C(NCCc1ccc(-c2ccccc2)cc1)NCc1ccccc1CN1CCC(O)C1. The van der Waals surface area contributed by atoms with E-state index in [2.05, 4.69) is 64.1 Å². The molecule has 0 radical (unpaired) electrons. The summed E-state index contributed by atoms with van der Waals surface area (Å²) in [5.74, 6) is 0. The maximum absolute atomic E-state index is 12.3. The van der Waals surface area contributed by atoms with Crippen molar-refractivity contribution in [2.75, 3.05) is 19.6 Å². The maximum atomic E-state index is 12.3. The highest BCUT2D eigenvalue weighted by Gasteiger charge is 2.20. The number of aliphatic hydroxyl groups is 1. The van der Waals surface area contributed by atoms with Crippen LogP contribution in [0.25, 0.3) is 11.1 Å². The lowest BCUT2D eigenvalue weighted by Crippen LogP contribution is -2.36. The van der Waals surface area contributed by atoms with Crippen LogP contribution < -0.4 is 10.6 Å². The molecule has 3 aromatic rings. The molecule has 3 aromatic carbocycles. The summed E-state index contributed by atoms with van der Waals surface area (Å²) in [5, 5.41) is 15.7. The molecule has 5 nitrogen and oxygen atoms in total. The Labute approximate surface area is 190 Å². The molecule has 0 saturated carbocycles. The van der Waals surface area contributed by atoms with Crippen molar-refractivity contribution < 1.29 is 9.90 Å². The molecule has 0 bridgehead atoms. The molecule has 0 aromatic heterocycles. The summed E-state index contributed by atoms with van der Waals surface area (Å²) in [6.45, 7) is 3.51. The second-order valence-electron chi connectivity index (χ2n) is 8.37. The van der Waals surface area contributed by atoms with Gasteiger partial charge in [-0.15, -0.1) is 0 Å². The van der Waals surface area contributed by atoms with Crippen LogP contribution in [0.3, 0.4) is 0 Å². The zero-order chi connectivity index (χ0) is 22.2. The summed E-state index contributed by atoms with van der Waals surface area (Å²) < 4.78 is 0. The van der Waals surface area contributed by atoms with Crippen molar-refractivity contribution in [2.45, 2.75) is 32.0 Å². The van der Waals surface area contributed by atoms with Crippen LogP contribution in [-0.2, 0) is 19.5 Å². The van der Waals surface area contributed by atoms with Crippen molar-refractivity contribution in [3.05, 3.63) is 95.6 Å². The molecule has 1 saturated heterocycles. The molecule has 4 rings (SSSR count). The predicted molar refractivity (Wildman–Crippen MR) is 128 cm³/mol. The molecular formula is C27H31N3O2. The summed E-state index contributed by atoms with van der Waals surface area (Å²) in [4.78, 5) is 14.5. The standard InChI is InChI=1S/C27H31N3O2/c31-26-15-17-30(20-26)19-25-9-5-4-8-24(25)18-29-27(32)28-16-14-21-10-12-23(13-11-21)22-6-2-1-3-7-22/h1-13,26,31H,14-20H2,(H2,28,29,32). The molecule has 1 atom stereocenters. The first kappa shape index (κ1) is 22.1. The van der Waals surface area contributed by atoms with Gasteiger partial charge in [0.1, 0.15) is 0 Å². The van der Waals surface area contributed by atoms with Gasteiger partial charge in [-0.3, -0.25) is 4.90 Å². The normalized spacial score (nSPS) is 16.1. The molecule has 0 aliphatic carbocycles. The molecule has 0 spiro atoms. The number of nitrogens with zero attached hydrogens (tertiary/aromatic N) is 1. The second-order valence-corrected chi connectivity index (χ2v) is 8.37. The number of likely N-dealkylation sites (tertiary alicyclic amines) is 1. The van der Waals surface area contributed by atoms with Gasteiger partial charge in [0.05, 0.1) is 6.10 Å². The van der Waals surface area contributed by atoms with Gasteiger partial charge in [-0.05, 0) is 40.7 Å². The average Bonchev–Trinajstić information content (AvgIpc) is 3.24. The van der Waals surface area contributed by atoms with E-state index in [0.717, 1.165) is 31.5 Å². The van der Waals surface area contributed by atoms with Gasteiger partial charge in [0.15, 0.2) is 0 Å². The first-order chi connectivity index (χ1) is 15.7. The Morgan fingerprint density at radius 1 is 0.875 bits per heavy atom. The number of nitrogens with one attached hydrogen (secondary N) is 2. The Bertz CT molecular complexity index is 1000. The van der Waals surface area contributed by atoms with Crippen molar-refractivity contribution in [3.8, 4) is 11.1 Å². The number of hydrogen-bond acceptors (Lipinski definition) is 3. The van der Waals surface area contributed by atoms with E-state index in [4.69, 9.17) is 0 Å². The number of amides is 2. The Balaban J connectivity index is 1.21. The number of aliphatic hydroxyl groups excluding tert-OH is 1. The highest BCUT2D eigenvalue weighted by atomic mass is 16.3. The van der Waals surface area contributed by atoms with Crippen molar-refractivity contribution >= 4 is 6.03 Å². The number of carbonyl (C=O) groups is 1. The Kier molecular flexibility index (Phi) is 7.54. The third-order valence-corrected chi connectivity index (χ3v) is 5.96. The number of benzene rings is 3. The van der Waals surface area contributed by atoms with Crippen LogP contribution in [0.5, 0.6) is 0 Å². The minimum atomic E-state index is -0.222. The number of β-amino-alcohol motifs (C(OH)–C–C–N with tert-alkyl or cyclic N) is 1.